The highest BCUT2D eigenvalue weighted by Crippen LogP contribution is 2.35. The Balaban J connectivity index is 2.54. The lowest BCUT2D eigenvalue weighted by molar-refractivity contribution is -0.186. The maximum Gasteiger partial charge on any atom is 0.427 e. The third-order valence-corrected chi connectivity index (χ3v) is 2.81. The Hall–Kier alpha value is -2.57. The van der Waals surface area contributed by atoms with Gasteiger partial charge in [0.05, 0.1) is 5.56 Å². The van der Waals surface area contributed by atoms with E-state index in [1.165, 1.54) is 18.2 Å². The molecule has 2 aromatic carbocycles. The molecule has 0 atom stereocenters. The van der Waals surface area contributed by atoms with Gasteiger partial charge in [-0.1, -0.05) is 18.2 Å². The van der Waals surface area contributed by atoms with Gasteiger partial charge in [-0.2, -0.15) is 8.78 Å². The molecule has 116 valence electrons. The van der Waals surface area contributed by atoms with Crippen LogP contribution in [0.25, 0.3) is 11.1 Å². The van der Waals surface area contributed by atoms with Crippen molar-refractivity contribution >= 4 is 5.97 Å². The highest BCUT2D eigenvalue weighted by molar-refractivity contribution is 5.90. The molecule has 22 heavy (non-hydrogen) atoms. The van der Waals surface area contributed by atoms with Gasteiger partial charge in [0.15, 0.2) is 6.67 Å². The number of alkyl halides is 3. The molecule has 0 saturated carbocycles. The fraction of sp³-hybridized carbons (Fsp3) is 0.133. The van der Waals surface area contributed by atoms with Crippen molar-refractivity contribution in [3.63, 3.8) is 0 Å². The van der Waals surface area contributed by atoms with Gasteiger partial charge < -0.3 is 9.84 Å². The van der Waals surface area contributed by atoms with E-state index in [0.29, 0.717) is 0 Å². The van der Waals surface area contributed by atoms with Crippen LogP contribution in [0.3, 0.4) is 0 Å². The van der Waals surface area contributed by atoms with E-state index in [9.17, 15) is 22.4 Å². The fourth-order valence-electron chi connectivity index (χ4n) is 1.83. The number of hydrogen-bond donors (Lipinski definition) is 1. The molecule has 7 heteroatoms. The number of hydrogen-bond acceptors (Lipinski definition) is 2. The number of halogens is 4. The Morgan fingerprint density at radius 1 is 1.14 bits per heavy atom. The molecule has 0 aromatic heterocycles. The third-order valence-electron chi connectivity index (χ3n) is 2.81. The van der Waals surface area contributed by atoms with E-state index in [1.54, 1.807) is 0 Å². The number of benzene rings is 2. The van der Waals surface area contributed by atoms with Gasteiger partial charge in [-0.25, -0.2) is 13.6 Å². The first kappa shape index (κ1) is 15.8. The van der Waals surface area contributed by atoms with Crippen LogP contribution in [0.2, 0.25) is 0 Å². The number of carbonyl (C=O) groups is 1. The SMILES string of the molecule is O=C(O)c1ccc(F)c(-c2ccccc2OC(F)(F)CF)c1. The van der Waals surface area contributed by atoms with E-state index >= 15 is 0 Å². The van der Waals surface area contributed by atoms with E-state index in [2.05, 4.69) is 4.74 Å². The minimum absolute atomic E-state index is 0.101. The summed E-state index contributed by atoms with van der Waals surface area (Å²) in [5.41, 5.74) is -0.551. The molecular weight excluding hydrogens is 304 g/mol. The zero-order chi connectivity index (χ0) is 16.3. The summed E-state index contributed by atoms with van der Waals surface area (Å²) in [6, 6.07) is 8.12. The Labute approximate surface area is 122 Å². The van der Waals surface area contributed by atoms with Crippen LogP contribution < -0.4 is 4.74 Å². The molecule has 0 bridgehead atoms. The van der Waals surface area contributed by atoms with Gasteiger partial charge in [-0.15, -0.1) is 0 Å². The van der Waals surface area contributed by atoms with E-state index in [0.717, 1.165) is 24.3 Å². The molecule has 0 aliphatic rings. The van der Waals surface area contributed by atoms with Gasteiger partial charge in [0.2, 0.25) is 0 Å². The van der Waals surface area contributed by atoms with Crippen molar-refractivity contribution in [2.24, 2.45) is 0 Å². The van der Waals surface area contributed by atoms with Crippen LogP contribution in [0.15, 0.2) is 42.5 Å². The maximum atomic E-state index is 13.9. The lowest BCUT2D eigenvalue weighted by Gasteiger charge is -2.17. The average molecular weight is 314 g/mol. The van der Waals surface area contributed by atoms with Gasteiger partial charge in [-0.3, -0.25) is 0 Å². The first-order valence-electron chi connectivity index (χ1n) is 6.09. The molecule has 1 N–H and O–H groups in total. The average Bonchev–Trinajstić information content (AvgIpc) is 2.48. The molecule has 3 nitrogen and oxygen atoms in total. The standard InChI is InChI=1S/C15H10F4O3/c16-8-15(18,19)22-13-4-2-1-3-10(13)11-7-9(14(20)21)5-6-12(11)17/h1-7H,8H2,(H,20,21). The second-order valence-electron chi connectivity index (χ2n) is 4.37. The zero-order valence-corrected chi connectivity index (χ0v) is 11.0. The molecule has 0 aliphatic heterocycles. The number of aromatic carboxylic acids is 1. The van der Waals surface area contributed by atoms with Crippen LogP contribution in [-0.2, 0) is 0 Å². The molecule has 0 spiro atoms. The topological polar surface area (TPSA) is 46.5 Å². The first-order valence-corrected chi connectivity index (χ1v) is 6.09. The van der Waals surface area contributed by atoms with Gasteiger partial charge in [-0.05, 0) is 24.3 Å². The van der Waals surface area contributed by atoms with Gasteiger partial charge in [0.1, 0.15) is 11.6 Å². The van der Waals surface area contributed by atoms with Gasteiger partial charge in [0, 0.05) is 11.1 Å². The smallest absolute Gasteiger partial charge is 0.427 e. The van der Waals surface area contributed by atoms with Crippen LogP contribution in [-0.4, -0.2) is 23.9 Å². The summed E-state index contributed by atoms with van der Waals surface area (Å²) in [4.78, 5) is 10.9. The summed E-state index contributed by atoms with van der Waals surface area (Å²) in [7, 11) is 0. The molecule has 0 saturated heterocycles. The van der Waals surface area contributed by atoms with Crippen molar-refractivity contribution in [1.82, 2.24) is 0 Å². The first-order chi connectivity index (χ1) is 10.3. The van der Waals surface area contributed by atoms with Crippen LogP contribution in [0, 0.1) is 5.82 Å². The molecule has 0 unspecified atom stereocenters. The van der Waals surface area contributed by atoms with Crippen LogP contribution in [0.4, 0.5) is 17.6 Å². The van der Waals surface area contributed by atoms with Crippen molar-refractivity contribution < 1.29 is 32.2 Å². The summed E-state index contributed by atoms with van der Waals surface area (Å²) >= 11 is 0. The summed E-state index contributed by atoms with van der Waals surface area (Å²) in [6.45, 7) is -2.04. The monoisotopic (exact) mass is 314 g/mol. The summed E-state index contributed by atoms with van der Waals surface area (Å²) in [5, 5.41) is 8.92. The highest BCUT2D eigenvalue weighted by atomic mass is 19.3. The van der Waals surface area contributed by atoms with Crippen LogP contribution in [0.5, 0.6) is 5.75 Å². The Morgan fingerprint density at radius 2 is 1.82 bits per heavy atom. The fourth-order valence-corrected chi connectivity index (χ4v) is 1.83. The van der Waals surface area contributed by atoms with Crippen molar-refractivity contribution in [2.75, 3.05) is 6.67 Å². The third kappa shape index (κ3) is 3.36. The van der Waals surface area contributed by atoms with E-state index in [4.69, 9.17) is 5.11 Å². The minimum Gasteiger partial charge on any atom is -0.478 e. The van der Waals surface area contributed by atoms with Crippen molar-refractivity contribution in [2.45, 2.75) is 6.11 Å². The van der Waals surface area contributed by atoms with E-state index < -0.39 is 30.3 Å². The van der Waals surface area contributed by atoms with E-state index in [1.807, 2.05) is 0 Å². The molecular formula is C15H10F4O3. The van der Waals surface area contributed by atoms with E-state index in [-0.39, 0.29) is 16.7 Å². The molecule has 0 aliphatic carbocycles. The Bertz CT molecular complexity index is 701. The van der Waals surface area contributed by atoms with Crippen molar-refractivity contribution in [1.29, 1.82) is 0 Å². The Morgan fingerprint density at radius 3 is 2.45 bits per heavy atom. The molecule has 0 fully saturated rings. The van der Waals surface area contributed by atoms with Crippen molar-refractivity contribution in [3.05, 3.63) is 53.8 Å². The quantitative estimate of drug-likeness (QED) is 0.844. The molecule has 0 amide bonds. The number of carboxylic acids is 1. The van der Waals surface area contributed by atoms with Crippen molar-refractivity contribution in [3.8, 4) is 16.9 Å². The molecule has 0 radical (unpaired) electrons. The number of ether oxygens (including phenoxy) is 1. The molecule has 0 heterocycles. The predicted molar refractivity (Wildman–Crippen MR) is 70.3 cm³/mol. The highest BCUT2D eigenvalue weighted by Gasteiger charge is 2.32. The molecule has 2 rings (SSSR count). The number of para-hydroxylation sites is 1. The zero-order valence-electron chi connectivity index (χ0n) is 11.0. The lowest BCUT2D eigenvalue weighted by Crippen LogP contribution is -2.27. The lowest BCUT2D eigenvalue weighted by atomic mass is 10.0. The number of rotatable bonds is 5. The van der Waals surface area contributed by atoms with Crippen LogP contribution >= 0.6 is 0 Å². The second-order valence-corrected chi connectivity index (χ2v) is 4.37. The number of carboxylic acid groups (broad SMARTS) is 1. The van der Waals surface area contributed by atoms with Crippen LogP contribution in [0.1, 0.15) is 10.4 Å². The largest absolute Gasteiger partial charge is 0.478 e. The minimum atomic E-state index is -4.06. The molecule has 2 aromatic rings. The summed E-state index contributed by atoms with van der Waals surface area (Å²) < 4.78 is 56.5. The normalized spacial score (nSPS) is 11.3. The predicted octanol–water partition coefficient (Wildman–Crippen LogP) is 4.13. The van der Waals surface area contributed by atoms with Gasteiger partial charge >= 0.3 is 12.1 Å². The second kappa shape index (κ2) is 6.05. The maximum absolute atomic E-state index is 13.9. The van der Waals surface area contributed by atoms with Gasteiger partial charge in [0.25, 0.3) is 0 Å². The Kier molecular flexibility index (Phi) is 4.35. The summed E-state index contributed by atoms with van der Waals surface area (Å²) in [6.07, 6.45) is -4.06. The summed E-state index contributed by atoms with van der Waals surface area (Å²) in [5.74, 6) is -2.56.